The second kappa shape index (κ2) is 7.05. The molecule has 0 aliphatic heterocycles. The number of aromatic nitrogens is 1. The number of nitrogens with one attached hydrogen (secondary N) is 2. The number of carbonyl (C=O) groups excluding carboxylic acids is 1. The first-order valence-electron chi connectivity index (χ1n) is 6.99. The number of nitrogens with zero attached hydrogens (tertiary/aromatic N) is 2. The van der Waals surface area contributed by atoms with Crippen LogP contribution in [0.5, 0.6) is 0 Å². The standard InChI is InChI=1S/C16H18N4OS/c1-10-9-18-15(22-10)12(3)20-16(21)19-11(2)14-6-4-5-13(7-14)8-17/h4-7,9,11-12H,1-3H3,(H2,19,20,21)/t11-,12-/m1/s1. The van der Waals surface area contributed by atoms with Gasteiger partial charge in [0.05, 0.1) is 23.7 Å². The smallest absolute Gasteiger partial charge is 0.315 e. The summed E-state index contributed by atoms with van der Waals surface area (Å²) in [6, 6.07) is 8.73. The van der Waals surface area contributed by atoms with Gasteiger partial charge in [0, 0.05) is 11.1 Å². The first-order valence-corrected chi connectivity index (χ1v) is 7.80. The SMILES string of the molecule is Cc1cnc([C@@H](C)NC(=O)N[C@H](C)c2cccc(C#N)c2)s1. The molecule has 22 heavy (non-hydrogen) atoms. The zero-order valence-corrected chi connectivity index (χ0v) is 13.6. The Hall–Kier alpha value is -2.39. The molecule has 0 fully saturated rings. The molecular formula is C16H18N4OS. The van der Waals surface area contributed by atoms with Crippen LogP contribution in [-0.4, -0.2) is 11.0 Å². The molecule has 1 heterocycles. The lowest BCUT2D eigenvalue weighted by molar-refractivity contribution is 0.235. The maximum atomic E-state index is 12.1. The average molecular weight is 314 g/mol. The number of rotatable bonds is 4. The molecule has 0 saturated heterocycles. The molecule has 114 valence electrons. The van der Waals surface area contributed by atoms with Gasteiger partial charge in [-0.2, -0.15) is 5.26 Å². The lowest BCUT2D eigenvalue weighted by Gasteiger charge is -2.17. The summed E-state index contributed by atoms with van der Waals surface area (Å²) in [6.45, 7) is 5.77. The van der Waals surface area contributed by atoms with E-state index in [-0.39, 0.29) is 18.1 Å². The molecule has 0 spiro atoms. The van der Waals surface area contributed by atoms with Gasteiger partial charge in [-0.3, -0.25) is 0 Å². The largest absolute Gasteiger partial charge is 0.332 e. The molecule has 2 amide bonds. The van der Waals surface area contributed by atoms with Crippen molar-refractivity contribution in [2.45, 2.75) is 32.9 Å². The van der Waals surface area contributed by atoms with Crippen molar-refractivity contribution in [3.63, 3.8) is 0 Å². The van der Waals surface area contributed by atoms with Crippen LogP contribution in [0.15, 0.2) is 30.5 Å². The van der Waals surface area contributed by atoms with E-state index in [1.54, 1.807) is 29.7 Å². The molecule has 0 aliphatic rings. The van der Waals surface area contributed by atoms with E-state index in [2.05, 4.69) is 21.7 Å². The van der Waals surface area contributed by atoms with Crippen molar-refractivity contribution in [3.05, 3.63) is 51.5 Å². The number of aryl methyl sites for hydroxylation is 1. The van der Waals surface area contributed by atoms with Gasteiger partial charge in [-0.05, 0) is 38.5 Å². The minimum Gasteiger partial charge on any atom is -0.332 e. The highest BCUT2D eigenvalue weighted by atomic mass is 32.1. The summed E-state index contributed by atoms with van der Waals surface area (Å²) in [5, 5.41) is 15.5. The van der Waals surface area contributed by atoms with Gasteiger partial charge in [0.2, 0.25) is 0 Å². The highest BCUT2D eigenvalue weighted by Gasteiger charge is 2.15. The zero-order chi connectivity index (χ0) is 16.1. The van der Waals surface area contributed by atoms with E-state index < -0.39 is 0 Å². The highest BCUT2D eigenvalue weighted by molar-refractivity contribution is 7.11. The fraction of sp³-hybridized carbons (Fsp3) is 0.312. The van der Waals surface area contributed by atoms with Gasteiger partial charge in [-0.1, -0.05) is 12.1 Å². The summed E-state index contributed by atoms with van der Waals surface area (Å²) in [4.78, 5) is 17.4. The quantitative estimate of drug-likeness (QED) is 0.907. The van der Waals surface area contributed by atoms with Gasteiger partial charge < -0.3 is 10.6 Å². The third kappa shape index (κ3) is 4.06. The maximum Gasteiger partial charge on any atom is 0.315 e. The first kappa shape index (κ1) is 16.0. The fourth-order valence-electron chi connectivity index (χ4n) is 2.03. The molecule has 1 aromatic heterocycles. The third-order valence-corrected chi connectivity index (χ3v) is 4.32. The van der Waals surface area contributed by atoms with Crippen molar-refractivity contribution >= 4 is 17.4 Å². The summed E-state index contributed by atoms with van der Waals surface area (Å²) < 4.78 is 0. The average Bonchev–Trinajstić information content (AvgIpc) is 2.93. The first-order chi connectivity index (χ1) is 10.5. The van der Waals surface area contributed by atoms with Crippen molar-refractivity contribution in [2.24, 2.45) is 0 Å². The molecule has 0 saturated carbocycles. The third-order valence-electron chi connectivity index (χ3n) is 3.22. The number of carbonyl (C=O) groups is 1. The molecule has 0 bridgehead atoms. The number of nitriles is 1. The predicted molar refractivity (Wildman–Crippen MR) is 86.5 cm³/mol. The number of hydrogen-bond donors (Lipinski definition) is 2. The summed E-state index contributed by atoms with van der Waals surface area (Å²) in [5.41, 5.74) is 1.48. The van der Waals surface area contributed by atoms with E-state index in [0.717, 1.165) is 15.4 Å². The van der Waals surface area contributed by atoms with Crippen LogP contribution in [0, 0.1) is 18.3 Å². The van der Waals surface area contributed by atoms with Crippen LogP contribution in [0.4, 0.5) is 4.79 Å². The van der Waals surface area contributed by atoms with Crippen LogP contribution in [0.2, 0.25) is 0 Å². The Morgan fingerprint density at radius 3 is 2.68 bits per heavy atom. The number of benzene rings is 1. The Kier molecular flexibility index (Phi) is 5.12. The van der Waals surface area contributed by atoms with Gasteiger partial charge in [-0.25, -0.2) is 9.78 Å². The molecule has 0 unspecified atom stereocenters. The molecule has 5 nitrogen and oxygen atoms in total. The fourth-order valence-corrected chi connectivity index (χ4v) is 2.81. The zero-order valence-electron chi connectivity index (χ0n) is 12.8. The molecule has 2 N–H and O–H groups in total. The Morgan fingerprint density at radius 2 is 2.05 bits per heavy atom. The van der Waals surface area contributed by atoms with Gasteiger partial charge in [0.1, 0.15) is 5.01 Å². The molecule has 0 radical (unpaired) electrons. The lowest BCUT2D eigenvalue weighted by Crippen LogP contribution is -2.38. The Morgan fingerprint density at radius 1 is 1.32 bits per heavy atom. The summed E-state index contributed by atoms with van der Waals surface area (Å²) in [6.07, 6.45) is 1.80. The van der Waals surface area contributed by atoms with Crippen molar-refractivity contribution in [1.29, 1.82) is 5.26 Å². The van der Waals surface area contributed by atoms with E-state index in [9.17, 15) is 4.79 Å². The van der Waals surface area contributed by atoms with Crippen molar-refractivity contribution in [2.75, 3.05) is 0 Å². The number of amides is 2. The maximum absolute atomic E-state index is 12.1. The monoisotopic (exact) mass is 314 g/mol. The van der Waals surface area contributed by atoms with Crippen LogP contribution in [0.1, 0.15) is 46.9 Å². The van der Waals surface area contributed by atoms with E-state index >= 15 is 0 Å². The molecule has 6 heteroatoms. The minimum atomic E-state index is -0.254. The van der Waals surface area contributed by atoms with Crippen molar-refractivity contribution in [1.82, 2.24) is 15.6 Å². The molecule has 2 aromatic rings. The van der Waals surface area contributed by atoms with Crippen LogP contribution >= 0.6 is 11.3 Å². The van der Waals surface area contributed by atoms with Crippen LogP contribution in [0.25, 0.3) is 0 Å². The number of hydrogen-bond acceptors (Lipinski definition) is 4. The second-order valence-electron chi connectivity index (χ2n) is 5.11. The number of thiazole rings is 1. The normalized spacial score (nSPS) is 13.0. The van der Waals surface area contributed by atoms with Crippen LogP contribution in [-0.2, 0) is 0 Å². The van der Waals surface area contributed by atoms with Crippen LogP contribution in [0.3, 0.4) is 0 Å². The van der Waals surface area contributed by atoms with E-state index in [1.807, 2.05) is 32.9 Å². The second-order valence-corrected chi connectivity index (χ2v) is 6.37. The van der Waals surface area contributed by atoms with Gasteiger partial charge in [0.15, 0.2) is 0 Å². The molecule has 2 rings (SSSR count). The van der Waals surface area contributed by atoms with Gasteiger partial charge in [-0.15, -0.1) is 11.3 Å². The topological polar surface area (TPSA) is 77.8 Å². The molecule has 1 aromatic carbocycles. The summed E-state index contributed by atoms with van der Waals surface area (Å²) >= 11 is 1.57. The molecule has 2 atom stereocenters. The predicted octanol–water partition coefficient (Wildman–Crippen LogP) is 3.44. The molecular weight excluding hydrogens is 296 g/mol. The van der Waals surface area contributed by atoms with E-state index in [1.165, 1.54) is 0 Å². The van der Waals surface area contributed by atoms with Crippen molar-refractivity contribution < 1.29 is 4.79 Å². The van der Waals surface area contributed by atoms with Gasteiger partial charge >= 0.3 is 6.03 Å². The van der Waals surface area contributed by atoms with E-state index in [4.69, 9.17) is 5.26 Å². The highest BCUT2D eigenvalue weighted by Crippen LogP contribution is 2.19. The van der Waals surface area contributed by atoms with Crippen molar-refractivity contribution in [3.8, 4) is 6.07 Å². The Bertz CT molecular complexity index is 704. The van der Waals surface area contributed by atoms with Gasteiger partial charge in [0.25, 0.3) is 0 Å². The summed E-state index contributed by atoms with van der Waals surface area (Å²) in [5.74, 6) is 0. The molecule has 0 aliphatic carbocycles. The minimum absolute atomic E-state index is 0.142. The Balaban J connectivity index is 1.95. The Labute approximate surface area is 134 Å². The van der Waals surface area contributed by atoms with E-state index in [0.29, 0.717) is 5.56 Å². The van der Waals surface area contributed by atoms with Crippen LogP contribution < -0.4 is 10.6 Å². The lowest BCUT2D eigenvalue weighted by atomic mass is 10.1. The number of urea groups is 1. The summed E-state index contributed by atoms with van der Waals surface area (Å²) in [7, 11) is 0.